The molecular formula is C9H19NO2. The topological polar surface area (TPSA) is 44.5 Å². The van der Waals surface area contributed by atoms with Gasteiger partial charge in [-0.25, -0.2) is 0 Å². The molecule has 0 saturated carbocycles. The van der Waals surface area contributed by atoms with Gasteiger partial charge in [-0.2, -0.15) is 0 Å². The lowest BCUT2D eigenvalue weighted by molar-refractivity contribution is -0.0420. The largest absolute Gasteiger partial charge is 0.377 e. The first-order valence-electron chi connectivity index (χ1n) is 4.74. The molecule has 3 heteroatoms. The molecule has 0 aromatic heterocycles. The highest BCUT2D eigenvalue weighted by Crippen LogP contribution is 2.12. The highest BCUT2D eigenvalue weighted by atomic mass is 16.5. The lowest BCUT2D eigenvalue weighted by Gasteiger charge is -2.22. The molecule has 0 aromatic carbocycles. The molecule has 72 valence electrons. The van der Waals surface area contributed by atoms with Crippen LogP contribution in [0.2, 0.25) is 0 Å². The summed E-state index contributed by atoms with van der Waals surface area (Å²) in [6.45, 7) is 4.19. The van der Waals surface area contributed by atoms with Crippen LogP contribution in [0.3, 0.4) is 0 Å². The minimum Gasteiger partial charge on any atom is -0.377 e. The molecule has 1 heterocycles. The van der Waals surface area contributed by atoms with Gasteiger partial charge in [0, 0.05) is 12.6 Å². The zero-order valence-electron chi connectivity index (χ0n) is 7.79. The summed E-state index contributed by atoms with van der Waals surface area (Å²) in [5.74, 6) is 0. The molecule has 2 N–H and O–H groups in total. The molecule has 1 aliphatic rings. The van der Waals surface area contributed by atoms with Gasteiger partial charge < -0.3 is 15.2 Å². The highest BCUT2D eigenvalue weighted by Gasteiger charge is 2.13. The summed E-state index contributed by atoms with van der Waals surface area (Å²) in [7, 11) is 0. The van der Waals surface area contributed by atoms with Crippen LogP contribution in [0.15, 0.2) is 0 Å². The maximum Gasteiger partial charge on any atom is 0.0808 e. The quantitative estimate of drug-likeness (QED) is 0.687. The van der Waals surface area contributed by atoms with Crippen molar-refractivity contribution in [2.75, 3.05) is 19.8 Å². The van der Waals surface area contributed by atoms with Crippen LogP contribution >= 0.6 is 0 Å². The van der Waals surface area contributed by atoms with Crippen molar-refractivity contribution in [1.82, 2.24) is 0 Å². The molecule has 0 radical (unpaired) electrons. The Labute approximate surface area is 74.2 Å². The monoisotopic (exact) mass is 173 g/mol. The number of rotatable bonds is 4. The third-order valence-electron chi connectivity index (χ3n) is 1.96. The van der Waals surface area contributed by atoms with Crippen LogP contribution in [0.4, 0.5) is 0 Å². The Bertz CT molecular complexity index is 111. The summed E-state index contributed by atoms with van der Waals surface area (Å²) in [5.41, 5.74) is 5.54. The summed E-state index contributed by atoms with van der Waals surface area (Å²) in [6, 6.07) is 0.133. The normalized spacial score (nSPS) is 27.0. The van der Waals surface area contributed by atoms with Crippen molar-refractivity contribution in [1.29, 1.82) is 0 Å². The average molecular weight is 173 g/mol. The summed E-state index contributed by atoms with van der Waals surface area (Å²) < 4.78 is 10.9. The van der Waals surface area contributed by atoms with E-state index in [-0.39, 0.29) is 6.04 Å². The van der Waals surface area contributed by atoms with Crippen LogP contribution in [0.5, 0.6) is 0 Å². The number of ether oxygens (including phenoxy) is 2. The summed E-state index contributed by atoms with van der Waals surface area (Å²) in [4.78, 5) is 0. The smallest absolute Gasteiger partial charge is 0.0808 e. The van der Waals surface area contributed by atoms with Gasteiger partial charge in [0.2, 0.25) is 0 Å². The molecule has 1 rings (SSSR count). The fourth-order valence-corrected chi connectivity index (χ4v) is 1.32. The number of nitrogens with two attached hydrogens (primary N) is 1. The molecule has 0 spiro atoms. The van der Waals surface area contributed by atoms with Gasteiger partial charge in [-0.3, -0.25) is 0 Å². The molecule has 0 aliphatic carbocycles. The molecule has 12 heavy (non-hydrogen) atoms. The number of hydrogen-bond acceptors (Lipinski definition) is 3. The minimum atomic E-state index is 0.133. The van der Waals surface area contributed by atoms with E-state index in [0.717, 1.165) is 13.0 Å². The SMILES string of the molecule is C[C@H](N)COCC1CCCCO1. The highest BCUT2D eigenvalue weighted by molar-refractivity contribution is 4.62. The Kier molecular flexibility index (Phi) is 4.58. The first-order valence-corrected chi connectivity index (χ1v) is 4.74. The third-order valence-corrected chi connectivity index (χ3v) is 1.96. The van der Waals surface area contributed by atoms with E-state index < -0.39 is 0 Å². The summed E-state index contributed by atoms with van der Waals surface area (Å²) in [5, 5.41) is 0. The number of hydrogen-bond donors (Lipinski definition) is 1. The van der Waals surface area contributed by atoms with Crippen molar-refractivity contribution >= 4 is 0 Å². The Balaban J connectivity index is 1.98. The van der Waals surface area contributed by atoms with E-state index in [2.05, 4.69) is 0 Å². The van der Waals surface area contributed by atoms with Gasteiger partial charge in [0.25, 0.3) is 0 Å². The molecule has 1 saturated heterocycles. The second-order valence-electron chi connectivity index (χ2n) is 3.50. The second kappa shape index (κ2) is 5.51. The van der Waals surface area contributed by atoms with Gasteiger partial charge in [-0.1, -0.05) is 0 Å². The zero-order chi connectivity index (χ0) is 8.81. The molecule has 0 aromatic rings. The van der Waals surface area contributed by atoms with Crippen LogP contribution in [-0.4, -0.2) is 32.0 Å². The average Bonchev–Trinajstić information content (AvgIpc) is 2.05. The summed E-state index contributed by atoms with van der Waals surface area (Å²) >= 11 is 0. The van der Waals surface area contributed by atoms with Crippen molar-refractivity contribution in [3.05, 3.63) is 0 Å². The van der Waals surface area contributed by atoms with Gasteiger partial charge in [0.05, 0.1) is 19.3 Å². The Morgan fingerprint density at radius 2 is 2.42 bits per heavy atom. The lowest BCUT2D eigenvalue weighted by Crippen LogP contribution is -2.28. The van der Waals surface area contributed by atoms with Crippen LogP contribution in [-0.2, 0) is 9.47 Å². The van der Waals surface area contributed by atoms with Crippen molar-refractivity contribution in [3.8, 4) is 0 Å². The van der Waals surface area contributed by atoms with Gasteiger partial charge in [-0.15, -0.1) is 0 Å². The van der Waals surface area contributed by atoms with E-state index in [1.165, 1.54) is 12.8 Å². The first kappa shape index (κ1) is 9.96. The third kappa shape index (κ3) is 4.04. The minimum absolute atomic E-state index is 0.133. The molecular weight excluding hydrogens is 154 g/mol. The van der Waals surface area contributed by atoms with Crippen molar-refractivity contribution in [2.24, 2.45) is 5.73 Å². The van der Waals surface area contributed by atoms with Crippen LogP contribution in [0.25, 0.3) is 0 Å². The molecule has 1 fully saturated rings. The van der Waals surface area contributed by atoms with E-state index in [1.807, 2.05) is 6.92 Å². The Hall–Kier alpha value is -0.120. The molecule has 1 unspecified atom stereocenters. The van der Waals surface area contributed by atoms with E-state index in [0.29, 0.717) is 19.3 Å². The van der Waals surface area contributed by atoms with E-state index >= 15 is 0 Å². The van der Waals surface area contributed by atoms with Crippen molar-refractivity contribution in [3.63, 3.8) is 0 Å². The molecule has 3 nitrogen and oxygen atoms in total. The Morgan fingerprint density at radius 1 is 1.58 bits per heavy atom. The molecule has 0 amide bonds. The fourth-order valence-electron chi connectivity index (χ4n) is 1.32. The second-order valence-corrected chi connectivity index (χ2v) is 3.50. The Morgan fingerprint density at radius 3 is 3.00 bits per heavy atom. The van der Waals surface area contributed by atoms with E-state index in [4.69, 9.17) is 15.2 Å². The van der Waals surface area contributed by atoms with Gasteiger partial charge in [0.1, 0.15) is 0 Å². The van der Waals surface area contributed by atoms with Crippen LogP contribution in [0, 0.1) is 0 Å². The van der Waals surface area contributed by atoms with Crippen molar-refractivity contribution < 1.29 is 9.47 Å². The predicted octanol–water partition coefficient (Wildman–Crippen LogP) is 0.919. The van der Waals surface area contributed by atoms with Crippen molar-refractivity contribution in [2.45, 2.75) is 38.3 Å². The molecule has 2 atom stereocenters. The maximum absolute atomic E-state index is 5.54. The molecule has 1 aliphatic heterocycles. The van der Waals surface area contributed by atoms with E-state index in [1.54, 1.807) is 0 Å². The lowest BCUT2D eigenvalue weighted by atomic mass is 10.1. The van der Waals surface area contributed by atoms with Gasteiger partial charge in [-0.05, 0) is 26.2 Å². The van der Waals surface area contributed by atoms with Crippen LogP contribution in [0.1, 0.15) is 26.2 Å². The fraction of sp³-hybridized carbons (Fsp3) is 1.00. The maximum atomic E-state index is 5.54. The van der Waals surface area contributed by atoms with E-state index in [9.17, 15) is 0 Å². The van der Waals surface area contributed by atoms with Gasteiger partial charge in [0.15, 0.2) is 0 Å². The standard InChI is InChI=1S/C9H19NO2/c1-8(10)6-11-7-9-4-2-3-5-12-9/h8-9H,2-7,10H2,1H3/t8-,9?/m0/s1. The van der Waals surface area contributed by atoms with Gasteiger partial charge >= 0.3 is 0 Å². The first-order chi connectivity index (χ1) is 5.79. The predicted molar refractivity (Wildman–Crippen MR) is 48.1 cm³/mol. The zero-order valence-corrected chi connectivity index (χ0v) is 7.79. The summed E-state index contributed by atoms with van der Waals surface area (Å²) in [6.07, 6.45) is 3.92. The van der Waals surface area contributed by atoms with Crippen LogP contribution < -0.4 is 5.73 Å². The molecule has 0 bridgehead atoms.